The Bertz CT molecular complexity index is 945. The van der Waals surface area contributed by atoms with E-state index < -0.39 is 15.9 Å². The molecule has 0 spiro atoms. The van der Waals surface area contributed by atoms with Crippen LogP contribution in [-0.2, 0) is 21.4 Å². The first-order chi connectivity index (χ1) is 13.4. The van der Waals surface area contributed by atoms with E-state index in [9.17, 15) is 13.2 Å². The molecule has 0 aromatic heterocycles. The summed E-state index contributed by atoms with van der Waals surface area (Å²) in [5, 5.41) is 8.71. The highest BCUT2D eigenvalue weighted by molar-refractivity contribution is 7.89. The number of hydroxylamine groups is 1. The minimum absolute atomic E-state index is 0.0176. The second kappa shape index (κ2) is 8.46. The van der Waals surface area contributed by atoms with Gasteiger partial charge in [0.2, 0.25) is 22.7 Å². The van der Waals surface area contributed by atoms with Gasteiger partial charge in [0, 0.05) is 19.5 Å². The van der Waals surface area contributed by atoms with Crippen molar-refractivity contribution in [2.45, 2.75) is 17.9 Å². The third-order valence-corrected chi connectivity index (χ3v) is 6.07. The lowest BCUT2D eigenvalue weighted by Gasteiger charge is -2.22. The lowest BCUT2D eigenvalue weighted by Crippen LogP contribution is -2.34. The van der Waals surface area contributed by atoms with Crippen LogP contribution in [0.5, 0.6) is 17.2 Å². The molecule has 10 heteroatoms. The molecule has 150 valence electrons. The fraction of sp³-hybridized carbons (Fsp3) is 0.278. The Balaban J connectivity index is 1.87. The number of hydrogen-bond acceptors (Lipinski definition) is 7. The predicted molar refractivity (Wildman–Crippen MR) is 97.7 cm³/mol. The third-order valence-electron chi connectivity index (χ3n) is 4.21. The van der Waals surface area contributed by atoms with E-state index in [2.05, 4.69) is 0 Å². The van der Waals surface area contributed by atoms with E-state index in [0.717, 1.165) is 0 Å². The molecule has 0 aliphatic carbocycles. The molecule has 2 aromatic rings. The maximum absolute atomic E-state index is 13.1. The standard InChI is InChI=1S/C18H20N2O7S/c1-25-14-3-5-15(6-4-14)28(23,24)20(9-8-18(21)19-22)11-13-2-7-16-17(10-13)27-12-26-16/h2-7,10,22H,8-9,11-12H2,1H3,(H,19,21). The zero-order valence-electron chi connectivity index (χ0n) is 15.1. The number of nitrogens with one attached hydrogen (secondary N) is 1. The number of carbonyl (C=O) groups excluding carboxylic acids is 1. The quantitative estimate of drug-likeness (QED) is 0.503. The van der Waals surface area contributed by atoms with Crippen LogP contribution in [0.15, 0.2) is 47.4 Å². The smallest absolute Gasteiger partial charge is 0.244 e. The zero-order chi connectivity index (χ0) is 20.1. The van der Waals surface area contributed by atoms with Crippen LogP contribution in [0.3, 0.4) is 0 Å². The van der Waals surface area contributed by atoms with Crippen molar-refractivity contribution >= 4 is 15.9 Å². The summed E-state index contributed by atoms with van der Waals surface area (Å²) in [7, 11) is -2.41. The molecule has 9 nitrogen and oxygen atoms in total. The number of nitrogens with zero attached hydrogens (tertiary/aromatic N) is 1. The number of rotatable bonds is 8. The summed E-state index contributed by atoms with van der Waals surface area (Å²) in [5.74, 6) is 0.974. The van der Waals surface area contributed by atoms with Crippen LogP contribution in [0, 0.1) is 0 Å². The molecule has 1 aliphatic heterocycles. The van der Waals surface area contributed by atoms with Crippen molar-refractivity contribution in [3.63, 3.8) is 0 Å². The van der Waals surface area contributed by atoms with Gasteiger partial charge in [0.15, 0.2) is 11.5 Å². The van der Waals surface area contributed by atoms with Crippen LogP contribution >= 0.6 is 0 Å². The lowest BCUT2D eigenvalue weighted by molar-refractivity contribution is -0.129. The molecule has 1 amide bonds. The molecule has 0 saturated heterocycles. The summed E-state index contributed by atoms with van der Waals surface area (Å²) in [6, 6.07) is 11.1. The van der Waals surface area contributed by atoms with Gasteiger partial charge in [-0.25, -0.2) is 13.9 Å². The molecule has 2 N–H and O–H groups in total. The summed E-state index contributed by atoms with van der Waals surface area (Å²) < 4.78 is 43.0. The molecular weight excluding hydrogens is 388 g/mol. The number of amides is 1. The molecule has 0 bridgehead atoms. The molecule has 0 unspecified atom stereocenters. The molecular formula is C18H20N2O7S. The topological polar surface area (TPSA) is 114 Å². The number of ether oxygens (including phenoxy) is 3. The molecule has 28 heavy (non-hydrogen) atoms. The molecule has 2 aromatic carbocycles. The Morgan fingerprint density at radius 2 is 1.89 bits per heavy atom. The fourth-order valence-electron chi connectivity index (χ4n) is 2.71. The van der Waals surface area contributed by atoms with Crippen LogP contribution in [0.1, 0.15) is 12.0 Å². The van der Waals surface area contributed by atoms with E-state index in [1.807, 2.05) is 0 Å². The molecule has 0 radical (unpaired) electrons. The summed E-state index contributed by atoms with van der Waals surface area (Å²) in [6.45, 7) is 0.0161. The minimum atomic E-state index is -3.90. The number of sulfonamides is 1. The van der Waals surface area contributed by atoms with Gasteiger partial charge in [-0.15, -0.1) is 0 Å². The zero-order valence-corrected chi connectivity index (χ0v) is 15.9. The largest absolute Gasteiger partial charge is 0.497 e. The highest BCUT2D eigenvalue weighted by Gasteiger charge is 2.26. The SMILES string of the molecule is COc1ccc(S(=O)(=O)N(CCC(=O)NO)Cc2ccc3c(c2)OCO3)cc1. The fourth-order valence-corrected chi connectivity index (χ4v) is 4.13. The molecule has 0 saturated carbocycles. The van der Waals surface area contributed by atoms with E-state index in [1.165, 1.54) is 29.0 Å². The number of carbonyl (C=O) groups is 1. The first-order valence-electron chi connectivity index (χ1n) is 8.39. The number of methoxy groups -OCH3 is 1. The Hall–Kier alpha value is -2.82. The Morgan fingerprint density at radius 3 is 2.57 bits per heavy atom. The van der Waals surface area contributed by atoms with Crippen LogP contribution in [0.25, 0.3) is 0 Å². The van der Waals surface area contributed by atoms with E-state index in [1.54, 1.807) is 30.3 Å². The van der Waals surface area contributed by atoms with Gasteiger partial charge in [-0.2, -0.15) is 4.31 Å². The van der Waals surface area contributed by atoms with Crippen LogP contribution in [0.4, 0.5) is 0 Å². The van der Waals surface area contributed by atoms with Crippen molar-refractivity contribution in [3.05, 3.63) is 48.0 Å². The number of hydrogen-bond donors (Lipinski definition) is 2. The average Bonchev–Trinajstić information content (AvgIpc) is 3.18. The van der Waals surface area contributed by atoms with Gasteiger partial charge in [-0.1, -0.05) is 6.07 Å². The number of fused-ring (bicyclic) bond motifs is 1. The highest BCUT2D eigenvalue weighted by Crippen LogP contribution is 2.33. The third kappa shape index (κ3) is 4.35. The Labute approximate surface area is 162 Å². The molecule has 0 atom stereocenters. The van der Waals surface area contributed by atoms with Gasteiger partial charge in [0.05, 0.1) is 12.0 Å². The second-order valence-electron chi connectivity index (χ2n) is 5.99. The minimum Gasteiger partial charge on any atom is -0.497 e. The average molecular weight is 408 g/mol. The van der Waals surface area contributed by atoms with E-state index in [0.29, 0.717) is 22.8 Å². The molecule has 1 aliphatic rings. The monoisotopic (exact) mass is 408 g/mol. The summed E-state index contributed by atoms with van der Waals surface area (Å²) >= 11 is 0. The van der Waals surface area contributed by atoms with Crippen molar-refractivity contribution in [1.29, 1.82) is 0 Å². The predicted octanol–water partition coefficient (Wildman–Crippen LogP) is 1.51. The molecule has 0 fully saturated rings. The lowest BCUT2D eigenvalue weighted by atomic mass is 10.2. The summed E-state index contributed by atoms with van der Waals surface area (Å²) in [5.41, 5.74) is 2.18. The van der Waals surface area contributed by atoms with Gasteiger partial charge < -0.3 is 14.2 Å². The van der Waals surface area contributed by atoms with Crippen molar-refractivity contribution in [2.24, 2.45) is 0 Å². The first-order valence-corrected chi connectivity index (χ1v) is 9.83. The van der Waals surface area contributed by atoms with Gasteiger partial charge in [-0.05, 0) is 42.0 Å². The molecule has 3 rings (SSSR count). The first kappa shape index (κ1) is 19.9. The van der Waals surface area contributed by atoms with E-state index >= 15 is 0 Å². The Kier molecular flexibility index (Phi) is 6.02. The van der Waals surface area contributed by atoms with Crippen molar-refractivity contribution in [1.82, 2.24) is 9.79 Å². The van der Waals surface area contributed by atoms with Crippen LogP contribution < -0.4 is 19.7 Å². The van der Waals surface area contributed by atoms with Gasteiger partial charge in [-0.3, -0.25) is 10.0 Å². The van der Waals surface area contributed by atoms with Gasteiger partial charge >= 0.3 is 0 Å². The van der Waals surface area contributed by atoms with Crippen molar-refractivity contribution in [3.8, 4) is 17.2 Å². The Morgan fingerprint density at radius 1 is 1.18 bits per heavy atom. The maximum atomic E-state index is 13.1. The van der Waals surface area contributed by atoms with Gasteiger partial charge in [0.1, 0.15) is 5.75 Å². The van der Waals surface area contributed by atoms with Crippen molar-refractivity contribution < 1.29 is 32.6 Å². The molecule has 1 heterocycles. The van der Waals surface area contributed by atoms with Crippen molar-refractivity contribution in [2.75, 3.05) is 20.4 Å². The van der Waals surface area contributed by atoms with E-state index in [4.69, 9.17) is 19.4 Å². The highest BCUT2D eigenvalue weighted by atomic mass is 32.2. The number of benzene rings is 2. The maximum Gasteiger partial charge on any atom is 0.244 e. The van der Waals surface area contributed by atoms with Crippen LogP contribution in [-0.4, -0.2) is 44.3 Å². The summed E-state index contributed by atoms with van der Waals surface area (Å²) in [4.78, 5) is 11.5. The normalized spacial score (nSPS) is 12.8. The second-order valence-corrected chi connectivity index (χ2v) is 7.92. The van der Waals surface area contributed by atoms with E-state index in [-0.39, 0.29) is 31.2 Å². The summed E-state index contributed by atoms with van der Waals surface area (Å²) in [6.07, 6.45) is -0.198. The van der Waals surface area contributed by atoms with Gasteiger partial charge in [0.25, 0.3) is 0 Å². The van der Waals surface area contributed by atoms with Crippen LogP contribution in [0.2, 0.25) is 0 Å².